The summed E-state index contributed by atoms with van der Waals surface area (Å²) in [5, 5.41) is 21.1. The Morgan fingerprint density at radius 2 is 2.21 bits per heavy atom. The number of hydrogen-bond acceptors (Lipinski definition) is 9. The molecule has 3 aromatic rings. The molecule has 9 heteroatoms. The molecule has 1 fully saturated rings. The van der Waals surface area contributed by atoms with E-state index in [-0.39, 0.29) is 18.3 Å². The molecule has 144 valence electrons. The Morgan fingerprint density at radius 3 is 2.86 bits per heavy atom. The number of nitrogens with zero attached hydrogens (tertiary/aromatic N) is 5. The lowest BCUT2D eigenvalue weighted by Gasteiger charge is -2.22. The maximum Gasteiger partial charge on any atom is 0.278 e. The molecule has 1 aliphatic rings. The Bertz CT molecular complexity index is 1020. The fourth-order valence-corrected chi connectivity index (χ4v) is 3.73. The second kappa shape index (κ2) is 7.67. The van der Waals surface area contributed by atoms with Crippen LogP contribution in [0.1, 0.15) is 22.0 Å². The van der Waals surface area contributed by atoms with E-state index in [9.17, 15) is 0 Å². The Kier molecular flexibility index (Phi) is 5.09. The van der Waals surface area contributed by atoms with Crippen molar-refractivity contribution in [1.82, 2.24) is 20.3 Å². The molecule has 1 saturated heterocycles. The molecule has 0 radical (unpaired) electrons. The third-order valence-corrected chi connectivity index (χ3v) is 5.50. The summed E-state index contributed by atoms with van der Waals surface area (Å²) in [6.07, 6.45) is 0.786. The van der Waals surface area contributed by atoms with E-state index in [1.807, 2.05) is 12.1 Å². The van der Waals surface area contributed by atoms with Crippen molar-refractivity contribution in [1.29, 1.82) is 0 Å². The van der Waals surface area contributed by atoms with E-state index in [4.69, 9.17) is 14.4 Å². The predicted molar refractivity (Wildman–Crippen MR) is 104 cm³/mol. The van der Waals surface area contributed by atoms with Gasteiger partial charge in [0.05, 0.1) is 11.4 Å². The minimum atomic E-state index is -0.527. The van der Waals surface area contributed by atoms with Gasteiger partial charge >= 0.3 is 0 Å². The molecule has 4 rings (SSSR count). The first-order valence-electron chi connectivity index (χ1n) is 8.78. The fourth-order valence-electron chi connectivity index (χ4n) is 3.00. The van der Waals surface area contributed by atoms with Crippen molar-refractivity contribution in [3.63, 3.8) is 0 Å². The molecule has 0 aliphatic carbocycles. The summed E-state index contributed by atoms with van der Waals surface area (Å²) in [6.45, 7) is 3.17. The molecule has 8 nitrogen and oxygen atoms in total. The van der Waals surface area contributed by atoms with Gasteiger partial charge in [-0.1, -0.05) is 17.0 Å². The lowest BCUT2D eigenvalue weighted by atomic mass is 10.0. The molecule has 1 atom stereocenters. The highest BCUT2D eigenvalue weighted by atomic mass is 32.1. The maximum atomic E-state index is 9.03. The van der Waals surface area contributed by atoms with E-state index in [0.717, 1.165) is 23.7 Å². The van der Waals surface area contributed by atoms with Crippen molar-refractivity contribution >= 4 is 17.2 Å². The zero-order valence-corrected chi connectivity index (χ0v) is 16.4. The molecule has 3 aromatic heterocycles. The van der Waals surface area contributed by atoms with E-state index in [1.54, 1.807) is 24.5 Å². The average molecular weight is 397 g/mol. The largest absolute Gasteiger partial charge is 0.388 e. The Morgan fingerprint density at radius 1 is 1.32 bits per heavy atom. The number of ether oxygens (including phenoxy) is 1. The van der Waals surface area contributed by atoms with Crippen LogP contribution in [0.2, 0.25) is 0 Å². The summed E-state index contributed by atoms with van der Waals surface area (Å²) >= 11 is 1.68. The second-order valence-electron chi connectivity index (χ2n) is 6.48. The zero-order chi connectivity index (χ0) is 19.6. The van der Waals surface area contributed by atoms with Gasteiger partial charge in [-0.2, -0.15) is 4.98 Å². The lowest BCUT2D eigenvalue weighted by molar-refractivity contribution is 0.0602. The molecule has 4 heterocycles. The van der Waals surface area contributed by atoms with Gasteiger partial charge in [0.2, 0.25) is 0 Å². The second-order valence-corrected chi connectivity index (χ2v) is 7.77. The summed E-state index contributed by atoms with van der Waals surface area (Å²) in [4.78, 5) is 8.42. The fraction of sp³-hybridized carbons (Fsp3) is 0.368. The van der Waals surface area contributed by atoms with E-state index < -0.39 is 5.60 Å². The van der Waals surface area contributed by atoms with Crippen molar-refractivity contribution in [3.8, 4) is 23.4 Å². The number of aryl methyl sites for hydroxylation is 1. The number of anilines is 1. The van der Waals surface area contributed by atoms with Crippen LogP contribution < -0.4 is 4.90 Å². The monoisotopic (exact) mass is 397 g/mol. The molecule has 1 N–H and O–H groups in total. The topological polar surface area (TPSA) is 97.4 Å². The third-order valence-electron chi connectivity index (χ3n) is 4.58. The molecule has 1 aliphatic heterocycles. The molecule has 0 spiro atoms. The van der Waals surface area contributed by atoms with Crippen molar-refractivity contribution in [2.45, 2.75) is 25.6 Å². The van der Waals surface area contributed by atoms with Gasteiger partial charge in [0.1, 0.15) is 12.2 Å². The van der Waals surface area contributed by atoms with Crippen molar-refractivity contribution in [2.24, 2.45) is 0 Å². The van der Waals surface area contributed by atoms with Crippen LogP contribution >= 0.6 is 11.3 Å². The van der Waals surface area contributed by atoms with Crippen LogP contribution in [0, 0.1) is 18.8 Å². The number of methoxy groups -OCH3 is 1. The molecular formula is C19H19N5O3S. The van der Waals surface area contributed by atoms with Crippen molar-refractivity contribution in [2.75, 3.05) is 25.1 Å². The number of hydrogen-bond donors (Lipinski definition) is 1. The quantitative estimate of drug-likeness (QED) is 0.668. The van der Waals surface area contributed by atoms with Crippen LogP contribution in [0.15, 0.2) is 28.8 Å². The number of aliphatic hydroxyl groups excluding tert-OH is 1. The van der Waals surface area contributed by atoms with Gasteiger partial charge in [0.25, 0.3) is 5.89 Å². The van der Waals surface area contributed by atoms with Crippen LogP contribution in [-0.2, 0) is 11.3 Å². The average Bonchev–Trinajstić information content (AvgIpc) is 3.46. The van der Waals surface area contributed by atoms with Gasteiger partial charge in [-0.05, 0) is 31.2 Å². The molecular weight excluding hydrogens is 378 g/mol. The molecule has 28 heavy (non-hydrogen) atoms. The summed E-state index contributed by atoms with van der Waals surface area (Å²) in [5.74, 6) is 7.73. The van der Waals surface area contributed by atoms with Crippen molar-refractivity contribution < 1.29 is 14.4 Å². The maximum absolute atomic E-state index is 9.03. The third kappa shape index (κ3) is 3.75. The van der Waals surface area contributed by atoms with Gasteiger partial charge in [-0.15, -0.1) is 21.5 Å². The number of aliphatic hydroxyl groups is 1. The SMILES string of the molecule is COC1(C#Cc2ccc(C)s2)CCN(c2ccc(-c3nc(CO)no3)nn2)C1. The molecule has 0 saturated carbocycles. The Labute approximate surface area is 166 Å². The Balaban J connectivity index is 1.49. The standard InChI is InChI=1S/C19H19N5O3S/c1-13-3-4-14(28-13)7-8-19(26-2)9-10-24(12-19)17-6-5-15(21-22-17)18-20-16(11-25)23-27-18/h3-6,25H,9-12H2,1-2H3. The first kappa shape index (κ1) is 18.6. The molecule has 0 amide bonds. The van der Waals surface area contributed by atoms with Crippen LogP contribution in [0.25, 0.3) is 11.6 Å². The van der Waals surface area contributed by atoms with Gasteiger partial charge in [0, 0.05) is 25.0 Å². The van der Waals surface area contributed by atoms with Gasteiger partial charge in [0.15, 0.2) is 17.3 Å². The van der Waals surface area contributed by atoms with Gasteiger partial charge < -0.3 is 19.3 Å². The summed E-state index contributed by atoms with van der Waals surface area (Å²) in [7, 11) is 1.70. The minimum absolute atomic E-state index is 0.213. The van der Waals surface area contributed by atoms with E-state index in [0.29, 0.717) is 12.2 Å². The molecule has 0 bridgehead atoms. The number of rotatable bonds is 4. The van der Waals surface area contributed by atoms with Crippen LogP contribution in [0.4, 0.5) is 5.82 Å². The van der Waals surface area contributed by atoms with Crippen LogP contribution in [-0.4, -0.2) is 51.2 Å². The van der Waals surface area contributed by atoms with Crippen molar-refractivity contribution in [3.05, 3.63) is 39.8 Å². The minimum Gasteiger partial charge on any atom is -0.388 e. The summed E-state index contributed by atoms with van der Waals surface area (Å²) in [5.41, 5.74) is -0.0678. The molecule has 0 aromatic carbocycles. The van der Waals surface area contributed by atoms with Gasteiger partial charge in [-0.3, -0.25) is 0 Å². The Hall–Kier alpha value is -2.80. The first-order valence-corrected chi connectivity index (χ1v) is 9.60. The summed E-state index contributed by atoms with van der Waals surface area (Å²) in [6, 6.07) is 7.73. The van der Waals surface area contributed by atoms with Gasteiger partial charge in [-0.25, -0.2) is 0 Å². The normalized spacial score (nSPS) is 18.9. The van der Waals surface area contributed by atoms with E-state index >= 15 is 0 Å². The van der Waals surface area contributed by atoms with E-state index in [1.165, 1.54) is 4.88 Å². The van der Waals surface area contributed by atoms with Crippen LogP contribution in [0.5, 0.6) is 0 Å². The van der Waals surface area contributed by atoms with Crippen LogP contribution in [0.3, 0.4) is 0 Å². The highest BCUT2D eigenvalue weighted by Gasteiger charge is 2.37. The highest BCUT2D eigenvalue weighted by Crippen LogP contribution is 2.28. The van der Waals surface area contributed by atoms with E-state index in [2.05, 4.69) is 50.1 Å². The predicted octanol–water partition coefficient (Wildman–Crippen LogP) is 2.04. The number of thiophene rings is 1. The highest BCUT2D eigenvalue weighted by molar-refractivity contribution is 7.12. The lowest BCUT2D eigenvalue weighted by Crippen LogP contribution is -2.34. The smallest absolute Gasteiger partial charge is 0.278 e. The number of aromatic nitrogens is 4. The zero-order valence-electron chi connectivity index (χ0n) is 15.5. The summed E-state index contributed by atoms with van der Waals surface area (Å²) < 4.78 is 10.8. The molecule has 1 unspecified atom stereocenters. The first-order chi connectivity index (χ1) is 13.6.